The maximum absolute atomic E-state index is 13.5. The molecule has 0 spiro atoms. The maximum atomic E-state index is 13.5. The number of nitrogens with zero attached hydrogens (tertiary/aromatic N) is 8. The van der Waals surface area contributed by atoms with E-state index >= 15 is 0 Å². The minimum absolute atomic E-state index is 0.0871. The number of benzene rings is 2. The van der Waals surface area contributed by atoms with Crippen molar-refractivity contribution in [3.63, 3.8) is 0 Å². The molecule has 1 unspecified atom stereocenters. The molecule has 6 aliphatic heterocycles. The highest BCUT2D eigenvalue weighted by Gasteiger charge is 2.45. The average molecular weight is 881 g/mol. The number of halogens is 3. The standard InChI is InChI=1S/C46H51F3N10O5/c47-46(48,49)38-22-34(2-1-32(38)23-50)56-15-11-31(12-16-56)42(61)52-40-7-4-35(24-51-40)58-27-30(28-58)26-54-13-9-29(10-14-54)25-55-17-19-57(20-18-55)33-3-5-36-37(21-33)45(64)59(44(36)63)39-6-8-41(60)53-43(39)62/h1-5,7,21-22,24,29-31,39H,6,8-20,25-28H2,(H,51,52,61)(H,53,60,62). The number of imide groups is 2. The van der Waals surface area contributed by atoms with E-state index in [-0.39, 0.29) is 24.7 Å². The van der Waals surface area contributed by atoms with E-state index in [1.807, 2.05) is 23.1 Å². The molecule has 5 fully saturated rings. The molecule has 64 heavy (non-hydrogen) atoms. The van der Waals surface area contributed by atoms with Crippen molar-refractivity contribution < 1.29 is 37.1 Å². The van der Waals surface area contributed by atoms with Gasteiger partial charge >= 0.3 is 6.18 Å². The van der Waals surface area contributed by atoms with Crippen LogP contribution in [0.4, 0.5) is 36.1 Å². The lowest BCUT2D eigenvalue weighted by atomic mass is 9.93. The van der Waals surface area contributed by atoms with Crippen molar-refractivity contribution >= 4 is 52.4 Å². The summed E-state index contributed by atoms with van der Waals surface area (Å²) in [5.74, 6) is -0.736. The monoisotopic (exact) mass is 880 g/mol. The third-order valence-corrected chi connectivity index (χ3v) is 13.9. The maximum Gasteiger partial charge on any atom is 0.417 e. The number of aromatic nitrogens is 1. The number of rotatable bonds is 10. The Morgan fingerprint density at radius 2 is 1.38 bits per heavy atom. The van der Waals surface area contributed by atoms with Gasteiger partial charge in [-0.3, -0.25) is 39.1 Å². The van der Waals surface area contributed by atoms with E-state index < -0.39 is 47.0 Å². The summed E-state index contributed by atoms with van der Waals surface area (Å²) in [4.78, 5) is 80.6. The Morgan fingerprint density at radius 3 is 2.05 bits per heavy atom. The van der Waals surface area contributed by atoms with Gasteiger partial charge in [0.25, 0.3) is 11.8 Å². The molecule has 7 heterocycles. The number of amides is 5. The number of likely N-dealkylation sites (tertiary alicyclic amines) is 1. The second-order valence-electron chi connectivity index (χ2n) is 18.0. The normalized spacial score (nSPS) is 22.1. The van der Waals surface area contributed by atoms with Crippen LogP contribution in [0.15, 0.2) is 54.7 Å². The van der Waals surface area contributed by atoms with Crippen molar-refractivity contribution in [2.45, 2.75) is 50.7 Å². The van der Waals surface area contributed by atoms with Gasteiger partial charge in [0.2, 0.25) is 17.7 Å². The quantitative estimate of drug-likeness (QED) is 0.280. The van der Waals surface area contributed by atoms with Crippen molar-refractivity contribution in [2.75, 3.05) is 98.6 Å². The molecule has 1 atom stereocenters. The van der Waals surface area contributed by atoms with E-state index in [2.05, 4.69) is 35.2 Å². The molecule has 3 aromatic rings. The summed E-state index contributed by atoms with van der Waals surface area (Å²) in [6, 6.07) is 13.5. The Kier molecular flexibility index (Phi) is 12.0. The summed E-state index contributed by atoms with van der Waals surface area (Å²) in [6.07, 6.45) is 0.691. The molecule has 15 nitrogen and oxygen atoms in total. The number of fused-ring (bicyclic) bond motifs is 1. The summed E-state index contributed by atoms with van der Waals surface area (Å²) in [6.45, 7) is 10.5. The predicted molar refractivity (Wildman–Crippen MR) is 231 cm³/mol. The molecule has 0 aliphatic carbocycles. The zero-order valence-corrected chi connectivity index (χ0v) is 35.5. The van der Waals surface area contributed by atoms with Crippen molar-refractivity contribution in [1.82, 2.24) is 25.0 Å². The lowest BCUT2D eigenvalue weighted by Gasteiger charge is -2.44. The van der Waals surface area contributed by atoms with Crippen LogP contribution < -0.4 is 25.3 Å². The van der Waals surface area contributed by atoms with Crippen molar-refractivity contribution in [2.24, 2.45) is 17.8 Å². The first-order chi connectivity index (χ1) is 30.8. The molecule has 2 aromatic carbocycles. The third-order valence-electron chi connectivity index (χ3n) is 13.9. The molecular formula is C46H51F3N10O5. The average Bonchev–Trinajstić information content (AvgIpc) is 3.53. The van der Waals surface area contributed by atoms with E-state index in [9.17, 15) is 37.1 Å². The number of pyridine rings is 1. The van der Waals surface area contributed by atoms with Gasteiger partial charge in [-0.15, -0.1) is 0 Å². The molecule has 0 bridgehead atoms. The highest BCUT2D eigenvalue weighted by Crippen LogP contribution is 2.36. The van der Waals surface area contributed by atoms with Crippen LogP contribution in [0.2, 0.25) is 0 Å². The zero-order chi connectivity index (χ0) is 44.7. The van der Waals surface area contributed by atoms with Crippen molar-refractivity contribution in [3.8, 4) is 6.07 Å². The predicted octanol–water partition coefficient (Wildman–Crippen LogP) is 4.20. The van der Waals surface area contributed by atoms with Gasteiger partial charge in [0.1, 0.15) is 11.9 Å². The molecule has 9 rings (SSSR count). The Balaban J connectivity index is 0.661. The lowest BCUT2D eigenvalue weighted by Crippen LogP contribution is -2.54. The Labute approximate surface area is 369 Å². The molecule has 1 aromatic heterocycles. The van der Waals surface area contributed by atoms with E-state index in [4.69, 9.17) is 5.26 Å². The fraction of sp³-hybridized carbons (Fsp3) is 0.500. The second kappa shape index (κ2) is 17.8. The molecular weight excluding hydrogens is 830 g/mol. The number of hydrogen-bond acceptors (Lipinski definition) is 12. The van der Waals surface area contributed by atoms with Gasteiger partial charge in [-0.05, 0) is 99.6 Å². The van der Waals surface area contributed by atoms with E-state index in [0.29, 0.717) is 60.4 Å². The second-order valence-corrected chi connectivity index (χ2v) is 18.0. The highest BCUT2D eigenvalue weighted by atomic mass is 19.4. The van der Waals surface area contributed by atoms with Crippen LogP contribution in [-0.4, -0.2) is 134 Å². The Hall–Kier alpha value is -6.06. The number of carbonyl (C=O) groups is 5. The van der Waals surface area contributed by atoms with Gasteiger partial charge in [0, 0.05) is 95.1 Å². The first-order valence-corrected chi connectivity index (χ1v) is 22.2. The largest absolute Gasteiger partial charge is 0.417 e. The summed E-state index contributed by atoms with van der Waals surface area (Å²) in [5.41, 5.74) is 1.53. The number of alkyl halides is 3. The highest BCUT2D eigenvalue weighted by molar-refractivity contribution is 6.23. The van der Waals surface area contributed by atoms with Crippen LogP contribution in [0, 0.1) is 29.1 Å². The number of piperazine rings is 1. The lowest BCUT2D eigenvalue weighted by molar-refractivity contribution is -0.138. The fourth-order valence-corrected chi connectivity index (χ4v) is 10.2. The molecule has 2 N–H and O–H groups in total. The number of carbonyl (C=O) groups excluding carboxylic acids is 5. The number of nitrogens with one attached hydrogen (secondary N) is 2. The van der Waals surface area contributed by atoms with Crippen molar-refractivity contribution in [3.05, 3.63) is 77.0 Å². The van der Waals surface area contributed by atoms with E-state index in [1.165, 1.54) is 12.1 Å². The Morgan fingerprint density at radius 1 is 0.734 bits per heavy atom. The van der Waals surface area contributed by atoms with Gasteiger partial charge in [0.05, 0.1) is 40.2 Å². The van der Waals surface area contributed by atoms with E-state index in [0.717, 1.165) is 101 Å². The zero-order valence-electron chi connectivity index (χ0n) is 35.5. The molecule has 5 saturated heterocycles. The first-order valence-electron chi connectivity index (χ1n) is 22.2. The minimum Gasteiger partial charge on any atom is -0.371 e. The minimum atomic E-state index is -4.62. The SMILES string of the molecule is N#Cc1ccc(N2CCC(C(=O)Nc3ccc(N4CC(CN5CCC(CN6CCN(c7ccc8c(c7)C(=O)N(C7CCC(=O)NC7=O)C8=O)CC6)CC5)C4)cn3)CC2)cc1C(F)(F)F. The fourth-order valence-electron chi connectivity index (χ4n) is 10.2. The van der Waals surface area contributed by atoms with Crippen LogP contribution in [0.3, 0.4) is 0 Å². The summed E-state index contributed by atoms with van der Waals surface area (Å²) < 4.78 is 40.4. The first kappa shape index (κ1) is 43.2. The summed E-state index contributed by atoms with van der Waals surface area (Å²) >= 11 is 0. The molecule has 6 aliphatic rings. The number of hydrogen-bond donors (Lipinski definition) is 2. The van der Waals surface area contributed by atoms with Gasteiger partial charge in [0.15, 0.2) is 0 Å². The third kappa shape index (κ3) is 9.00. The van der Waals surface area contributed by atoms with Gasteiger partial charge in [-0.2, -0.15) is 18.4 Å². The van der Waals surface area contributed by atoms with Crippen LogP contribution in [0.5, 0.6) is 0 Å². The molecule has 5 amide bonds. The van der Waals surface area contributed by atoms with Crippen LogP contribution in [0.1, 0.15) is 70.4 Å². The molecule has 0 radical (unpaired) electrons. The molecule has 18 heteroatoms. The molecule has 0 saturated carbocycles. The topological polar surface area (TPSA) is 166 Å². The van der Waals surface area contributed by atoms with Crippen LogP contribution in [0.25, 0.3) is 0 Å². The smallest absolute Gasteiger partial charge is 0.371 e. The van der Waals surface area contributed by atoms with Gasteiger partial charge in [-0.25, -0.2) is 4.98 Å². The number of piperidine rings is 3. The number of anilines is 4. The van der Waals surface area contributed by atoms with Crippen LogP contribution in [-0.2, 0) is 20.6 Å². The van der Waals surface area contributed by atoms with Gasteiger partial charge < -0.3 is 24.9 Å². The van der Waals surface area contributed by atoms with Crippen LogP contribution >= 0.6 is 0 Å². The number of nitriles is 1. The Bertz CT molecular complexity index is 2340. The summed E-state index contributed by atoms with van der Waals surface area (Å²) in [5, 5.41) is 14.3. The van der Waals surface area contributed by atoms with Gasteiger partial charge in [-0.1, -0.05) is 0 Å². The summed E-state index contributed by atoms with van der Waals surface area (Å²) in [7, 11) is 0. The van der Waals surface area contributed by atoms with Crippen molar-refractivity contribution in [1.29, 1.82) is 5.26 Å². The molecule has 336 valence electrons. The van der Waals surface area contributed by atoms with E-state index in [1.54, 1.807) is 24.4 Å².